The molecule has 1 aromatic carbocycles. The SMILES string of the molecule is N#Cc1c(=O)n(-c2ccc(Cl)cc2)nc2c(=O)n(/N=C/c3ccco3)c(-c3ccco3)cc12. The van der Waals surface area contributed by atoms with Crippen LogP contribution in [0, 0.1) is 11.3 Å². The average molecular weight is 458 g/mol. The topological polar surface area (TPSA) is 119 Å². The molecular weight excluding hydrogens is 446 g/mol. The van der Waals surface area contributed by atoms with Crippen molar-refractivity contribution in [1.29, 1.82) is 5.26 Å². The molecule has 0 aliphatic heterocycles. The van der Waals surface area contributed by atoms with Crippen LogP contribution in [0.5, 0.6) is 0 Å². The summed E-state index contributed by atoms with van der Waals surface area (Å²) in [7, 11) is 0. The summed E-state index contributed by atoms with van der Waals surface area (Å²) in [5, 5.41) is 18.8. The highest BCUT2D eigenvalue weighted by Crippen LogP contribution is 2.23. The molecule has 5 aromatic rings. The number of halogens is 1. The highest BCUT2D eigenvalue weighted by molar-refractivity contribution is 6.30. The summed E-state index contributed by atoms with van der Waals surface area (Å²) in [5.41, 5.74) is -1.09. The number of nitriles is 1. The quantitative estimate of drug-likeness (QED) is 0.378. The van der Waals surface area contributed by atoms with Gasteiger partial charge in [-0.3, -0.25) is 9.59 Å². The fraction of sp³-hybridized carbons (Fsp3) is 0. The van der Waals surface area contributed by atoms with E-state index in [4.69, 9.17) is 20.4 Å². The van der Waals surface area contributed by atoms with E-state index in [1.54, 1.807) is 48.5 Å². The zero-order chi connectivity index (χ0) is 22.9. The number of rotatable bonds is 4. The Labute approximate surface area is 190 Å². The van der Waals surface area contributed by atoms with Crippen LogP contribution in [0.3, 0.4) is 0 Å². The van der Waals surface area contributed by atoms with Crippen LogP contribution < -0.4 is 11.1 Å². The normalized spacial score (nSPS) is 11.3. The molecule has 0 aliphatic carbocycles. The van der Waals surface area contributed by atoms with Gasteiger partial charge in [0.25, 0.3) is 11.1 Å². The van der Waals surface area contributed by atoms with Crippen molar-refractivity contribution in [3.05, 3.63) is 104 Å². The molecule has 160 valence electrons. The zero-order valence-corrected chi connectivity index (χ0v) is 17.4. The van der Waals surface area contributed by atoms with Crippen LogP contribution in [0.15, 0.2) is 90.6 Å². The Hall–Kier alpha value is -4.68. The van der Waals surface area contributed by atoms with Crippen molar-refractivity contribution < 1.29 is 8.83 Å². The van der Waals surface area contributed by atoms with Gasteiger partial charge in [0.1, 0.15) is 23.1 Å². The molecule has 0 atom stereocenters. The highest BCUT2D eigenvalue weighted by Gasteiger charge is 2.20. The van der Waals surface area contributed by atoms with E-state index in [1.807, 2.05) is 6.07 Å². The molecule has 0 amide bonds. The number of benzene rings is 1. The minimum Gasteiger partial charge on any atom is -0.463 e. The van der Waals surface area contributed by atoms with Crippen LogP contribution in [0.1, 0.15) is 11.3 Å². The zero-order valence-electron chi connectivity index (χ0n) is 16.7. The Morgan fingerprint density at radius 2 is 1.79 bits per heavy atom. The van der Waals surface area contributed by atoms with Gasteiger partial charge < -0.3 is 8.83 Å². The molecule has 0 fully saturated rings. The minimum atomic E-state index is -0.672. The lowest BCUT2D eigenvalue weighted by molar-refractivity contribution is 0.558. The van der Waals surface area contributed by atoms with Crippen LogP contribution in [0.25, 0.3) is 28.0 Å². The summed E-state index contributed by atoms with van der Waals surface area (Å²) < 4.78 is 12.8. The summed E-state index contributed by atoms with van der Waals surface area (Å²) in [6.45, 7) is 0. The molecule has 0 saturated carbocycles. The van der Waals surface area contributed by atoms with Crippen LogP contribution in [0.2, 0.25) is 5.02 Å². The van der Waals surface area contributed by atoms with E-state index in [0.29, 0.717) is 22.2 Å². The van der Waals surface area contributed by atoms with Crippen molar-refractivity contribution in [2.45, 2.75) is 0 Å². The summed E-state index contributed by atoms with van der Waals surface area (Å²) in [4.78, 5) is 26.5. The van der Waals surface area contributed by atoms with Gasteiger partial charge in [0.15, 0.2) is 11.3 Å². The number of nitrogens with zero attached hydrogens (tertiary/aromatic N) is 5. The first-order chi connectivity index (χ1) is 16.1. The maximum absolute atomic E-state index is 13.5. The van der Waals surface area contributed by atoms with Crippen molar-refractivity contribution in [3.63, 3.8) is 0 Å². The second-order valence-corrected chi connectivity index (χ2v) is 7.26. The maximum Gasteiger partial charge on any atom is 0.299 e. The van der Waals surface area contributed by atoms with Crippen molar-refractivity contribution >= 4 is 28.7 Å². The smallest absolute Gasteiger partial charge is 0.299 e. The second kappa shape index (κ2) is 8.11. The highest BCUT2D eigenvalue weighted by atomic mass is 35.5. The second-order valence-electron chi connectivity index (χ2n) is 6.83. The summed E-state index contributed by atoms with van der Waals surface area (Å²) in [5.74, 6) is 0.737. The number of fused-ring (bicyclic) bond motifs is 1. The Balaban J connectivity index is 1.85. The first-order valence-electron chi connectivity index (χ1n) is 9.57. The van der Waals surface area contributed by atoms with E-state index < -0.39 is 11.1 Å². The lowest BCUT2D eigenvalue weighted by Crippen LogP contribution is -2.28. The first-order valence-corrected chi connectivity index (χ1v) is 9.95. The largest absolute Gasteiger partial charge is 0.463 e. The van der Waals surface area contributed by atoms with E-state index in [-0.39, 0.29) is 22.2 Å². The molecule has 4 heterocycles. The molecule has 5 rings (SSSR count). The van der Waals surface area contributed by atoms with Gasteiger partial charge in [-0.15, -0.1) is 0 Å². The van der Waals surface area contributed by atoms with E-state index in [0.717, 1.165) is 9.36 Å². The molecular formula is C23H12ClN5O4. The van der Waals surface area contributed by atoms with Gasteiger partial charge in [0, 0.05) is 10.4 Å². The lowest BCUT2D eigenvalue weighted by atomic mass is 10.1. The van der Waals surface area contributed by atoms with E-state index in [1.165, 1.54) is 24.8 Å². The molecule has 0 unspecified atom stereocenters. The molecule has 9 nitrogen and oxygen atoms in total. The van der Waals surface area contributed by atoms with Gasteiger partial charge in [-0.2, -0.15) is 24.8 Å². The van der Waals surface area contributed by atoms with Crippen LogP contribution in [-0.4, -0.2) is 20.7 Å². The Kier molecular flexibility index (Phi) is 4.97. The molecule has 0 radical (unpaired) electrons. The van der Waals surface area contributed by atoms with E-state index >= 15 is 0 Å². The molecule has 0 aliphatic rings. The summed E-state index contributed by atoms with van der Waals surface area (Å²) >= 11 is 5.94. The Morgan fingerprint density at radius 1 is 1.03 bits per heavy atom. The Bertz CT molecular complexity index is 1660. The molecule has 4 aromatic heterocycles. The molecule has 0 spiro atoms. The number of hydrogen-bond acceptors (Lipinski definition) is 7. The lowest BCUT2D eigenvalue weighted by Gasteiger charge is -2.11. The number of furan rings is 2. The summed E-state index contributed by atoms with van der Waals surface area (Å²) in [6.07, 6.45) is 4.27. The standard InChI is InChI=1S/C23H12ClN5O4/c24-14-5-7-15(8-6-14)28-22(30)18(12-25)17-11-19(20-4-2-10-33-20)29(23(31)21(17)27-28)26-13-16-3-1-9-32-16/h1-11,13H/b26-13+. The maximum atomic E-state index is 13.5. The van der Waals surface area contributed by atoms with Crippen molar-refractivity contribution in [3.8, 4) is 23.2 Å². The third kappa shape index (κ3) is 3.54. The van der Waals surface area contributed by atoms with E-state index in [9.17, 15) is 14.9 Å². The minimum absolute atomic E-state index is 0.0913. The van der Waals surface area contributed by atoms with Crippen LogP contribution >= 0.6 is 11.6 Å². The summed E-state index contributed by atoms with van der Waals surface area (Å²) in [6, 6.07) is 16.3. The third-order valence-corrected chi connectivity index (χ3v) is 5.09. The number of hydrogen-bond donors (Lipinski definition) is 0. The van der Waals surface area contributed by atoms with Crippen LogP contribution in [-0.2, 0) is 0 Å². The monoisotopic (exact) mass is 457 g/mol. The molecule has 10 heteroatoms. The van der Waals surface area contributed by atoms with E-state index in [2.05, 4.69) is 10.2 Å². The van der Waals surface area contributed by atoms with Crippen molar-refractivity contribution in [2.75, 3.05) is 0 Å². The predicted molar refractivity (Wildman–Crippen MR) is 121 cm³/mol. The van der Waals surface area contributed by atoms with Gasteiger partial charge >= 0.3 is 0 Å². The third-order valence-electron chi connectivity index (χ3n) is 4.84. The van der Waals surface area contributed by atoms with Gasteiger partial charge in [0.2, 0.25) is 0 Å². The molecule has 33 heavy (non-hydrogen) atoms. The Morgan fingerprint density at radius 3 is 2.45 bits per heavy atom. The van der Waals surface area contributed by atoms with Crippen molar-refractivity contribution in [2.24, 2.45) is 5.10 Å². The van der Waals surface area contributed by atoms with Gasteiger partial charge in [-0.05, 0) is 54.6 Å². The fourth-order valence-electron chi connectivity index (χ4n) is 3.30. The first kappa shape index (κ1) is 20.2. The molecule has 0 saturated heterocycles. The predicted octanol–water partition coefficient (Wildman–Crippen LogP) is 3.81. The van der Waals surface area contributed by atoms with Gasteiger partial charge in [-0.25, -0.2) is 0 Å². The van der Waals surface area contributed by atoms with Gasteiger partial charge in [0.05, 0.1) is 24.4 Å². The fourth-order valence-corrected chi connectivity index (χ4v) is 3.43. The molecule has 0 N–H and O–H groups in total. The number of pyridine rings is 1. The van der Waals surface area contributed by atoms with Gasteiger partial charge in [-0.1, -0.05) is 11.6 Å². The molecule has 0 bridgehead atoms. The average Bonchev–Trinajstić information content (AvgIpc) is 3.53. The van der Waals surface area contributed by atoms with Crippen molar-refractivity contribution in [1.82, 2.24) is 14.5 Å². The number of aromatic nitrogens is 3. The van der Waals surface area contributed by atoms with Crippen LogP contribution in [0.4, 0.5) is 0 Å².